The average Bonchev–Trinajstić information content (AvgIpc) is 2.78. The molecule has 0 unspecified atom stereocenters. The number of pyridine rings is 1. The van der Waals surface area contributed by atoms with Crippen molar-refractivity contribution in [3.05, 3.63) is 46.2 Å². The zero-order chi connectivity index (χ0) is 12.3. The number of H-pyrrole nitrogens is 1. The number of hydrogen-bond acceptors (Lipinski definition) is 5. The van der Waals surface area contributed by atoms with Gasteiger partial charge >= 0.3 is 0 Å². The van der Waals surface area contributed by atoms with Gasteiger partial charge in [-0.1, -0.05) is 0 Å². The molecule has 0 aliphatic heterocycles. The SMILES string of the molecule is Cc1cc(NCc2cnc[nH]2)ncc1[N+](=O)[O-]. The van der Waals surface area contributed by atoms with Gasteiger partial charge in [-0.2, -0.15) is 0 Å². The quantitative estimate of drug-likeness (QED) is 0.618. The molecule has 0 saturated carbocycles. The van der Waals surface area contributed by atoms with Crippen LogP contribution in [0.3, 0.4) is 0 Å². The summed E-state index contributed by atoms with van der Waals surface area (Å²) in [6.45, 7) is 2.23. The molecule has 0 aliphatic rings. The molecule has 0 saturated heterocycles. The molecule has 88 valence electrons. The molecule has 0 fully saturated rings. The Kier molecular flexibility index (Phi) is 2.99. The predicted octanol–water partition coefficient (Wildman–Crippen LogP) is 1.63. The molecule has 0 aliphatic carbocycles. The van der Waals surface area contributed by atoms with Gasteiger partial charge in [0.05, 0.1) is 23.5 Å². The largest absolute Gasteiger partial charge is 0.364 e. The van der Waals surface area contributed by atoms with Crippen LogP contribution in [-0.4, -0.2) is 19.9 Å². The van der Waals surface area contributed by atoms with Gasteiger partial charge in [0, 0.05) is 11.8 Å². The van der Waals surface area contributed by atoms with Crippen molar-refractivity contribution in [2.24, 2.45) is 0 Å². The van der Waals surface area contributed by atoms with Crippen LogP contribution in [0.25, 0.3) is 0 Å². The van der Waals surface area contributed by atoms with Gasteiger partial charge < -0.3 is 10.3 Å². The maximum absolute atomic E-state index is 10.6. The standard InChI is InChI=1S/C10H11N5O2/c1-7-2-10(13-5-9(7)15(16)17)12-4-8-3-11-6-14-8/h2-3,5-6H,4H2,1H3,(H,11,14)(H,12,13). The van der Waals surface area contributed by atoms with Crippen LogP contribution in [0.2, 0.25) is 0 Å². The highest BCUT2D eigenvalue weighted by atomic mass is 16.6. The number of aromatic amines is 1. The summed E-state index contributed by atoms with van der Waals surface area (Å²) in [5.41, 5.74) is 1.53. The fraction of sp³-hybridized carbons (Fsp3) is 0.200. The molecule has 0 atom stereocenters. The topological polar surface area (TPSA) is 96.7 Å². The highest BCUT2D eigenvalue weighted by Crippen LogP contribution is 2.18. The summed E-state index contributed by atoms with van der Waals surface area (Å²) < 4.78 is 0. The lowest BCUT2D eigenvalue weighted by atomic mass is 10.2. The molecule has 2 aromatic heterocycles. The number of nitrogens with one attached hydrogen (secondary N) is 2. The second-order valence-corrected chi connectivity index (χ2v) is 3.54. The van der Waals surface area contributed by atoms with E-state index in [2.05, 4.69) is 20.3 Å². The molecule has 2 aromatic rings. The van der Waals surface area contributed by atoms with E-state index in [4.69, 9.17) is 0 Å². The van der Waals surface area contributed by atoms with E-state index in [1.54, 1.807) is 25.5 Å². The minimum absolute atomic E-state index is 0.0251. The van der Waals surface area contributed by atoms with Gasteiger partial charge in [-0.05, 0) is 13.0 Å². The Bertz CT molecular complexity index is 523. The Balaban J connectivity index is 2.07. The molecular weight excluding hydrogens is 222 g/mol. The van der Waals surface area contributed by atoms with E-state index < -0.39 is 4.92 Å². The zero-order valence-electron chi connectivity index (χ0n) is 9.17. The Morgan fingerprint density at radius 2 is 2.35 bits per heavy atom. The minimum atomic E-state index is -0.443. The first kappa shape index (κ1) is 11.1. The molecule has 2 rings (SSSR count). The molecule has 7 nitrogen and oxygen atoms in total. The van der Waals surface area contributed by atoms with Crippen molar-refractivity contribution in [3.8, 4) is 0 Å². The Morgan fingerprint density at radius 1 is 1.53 bits per heavy atom. The van der Waals surface area contributed by atoms with Crippen LogP contribution >= 0.6 is 0 Å². The van der Waals surface area contributed by atoms with Gasteiger partial charge in [0.25, 0.3) is 5.69 Å². The molecular formula is C10H11N5O2. The molecule has 0 spiro atoms. The Labute approximate surface area is 97.1 Å². The molecule has 2 heterocycles. The van der Waals surface area contributed by atoms with Gasteiger partial charge in [0.1, 0.15) is 12.0 Å². The van der Waals surface area contributed by atoms with E-state index in [-0.39, 0.29) is 5.69 Å². The van der Waals surface area contributed by atoms with Crippen molar-refractivity contribution in [2.75, 3.05) is 5.32 Å². The van der Waals surface area contributed by atoms with Crippen LogP contribution in [0.4, 0.5) is 11.5 Å². The molecule has 7 heteroatoms. The van der Waals surface area contributed by atoms with Crippen molar-refractivity contribution >= 4 is 11.5 Å². The highest BCUT2D eigenvalue weighted by Gasteiger charge is 2.11. The molecule has 0 amide bonds. The van der Waals surface area contributed by atoms with Gasteiger partial charge in [-0.25, -0.2) is 9.97 Å². The summed E-state index contributed by atoms with van der Waals surface area (Å²) in [6, 6.07) is 1.65. The van der Waals surface area contributed by atoms with E-state index >= 15 is 0 Å². The smallest absolute Gasteiger partial charge is 0.290 e. The maximum Gasteiger partial charge on any atom is 0.290 e. The minimum Gasteiger partial charge on any atom is -0.364 e. The van der Waals surface area contributed by atoms with Crippen LogP contribution in [0.15, 0.2) is 24.8 Å². The lowest BCUT2D eigenvalue weighted by molar-refractivity contribution is -0.385. The predicted molar refractivity (Wildman–Crippen MR) is 61.5 cm³/mol. The second kappa shape index (κ2) is 4.60. The third kappa shape index (κ3) is 2.57. The number of rotatable bonds is 4. The van der Waals surface area contributed by atoms with Crippen molar-refractivity contribution in [1.82, 2.24) is 15.0 Å². The van der Waals surface area contributed by atoms with E-state index in [0.717, 1.165) is 5.69 Å². The lowest BCUT2D eigenvalue weighted by Gasteiger charge is -2.04. The van der Waals surface area contributed by atoms with E-state index in [0.29, 0.717) is 17.9 Å². The summed E-state index contributed by atoms with van der Waals surface area (Å²) >= 11 is 0. The van der Waals surface area contributed by atoms with Crippen LogP contribution < -0.4 is 5.32 Å². The monoisotopic (exact) mass is 233 g/mol. The number of nitro groups is 1. The normalized spacial score (nSPS) is 10.2. The second-order valence-electron chi connectivity index (χ2n) is 3.54. The van der Waals surface area contributed by atoms with Crippen molar-refractivity contribution in [3.63, 3.8) is 0 Å². The molecule has 17 heavy (non-hydrogen) atoms. The summed E-state index contributed by atoms with van der Waals surface area (Å²) in [7, 11) is 0. The summed E-state index contributed by atoms with van der Waals surface area (Å²) in [6.07, 6.45) is 4.54. The van der Waals surface area contributed by atoms with Crippen molar-refractivity contribution in [2.45, 2.75) is 13.5 Å². The fourth-order valence-corrected chi connectivity index (χ4v) is 1.40. The number of imidazole rings is 1. The van der Waals surface area contributed by atoms with Crippen molar-refractivity contribution in [1.29, 1.82) is 0 Å². The number of aromatic nitrogens is 3. The average molecular weight is 233 g/mol. The lowest BCUT2D eigenvalue weighted by Crippen LogP contribution is -2.03. The first-order chi connectivity index (χ1) is 8.16. The summed E-state index contributed by atoms with van der Waals surface area (Å²) in [4.78, 5) is 21.0. The first-order valence-electron chi connectivity index (χ1n) is 4.99. The maximum atomic E-state index is 10.6. The van der Waals surface area contributed by atoms with Crippen LogP contribution in [0.5, 0.6) is 0 Å². The van der Waals surface area contributed by atoms with E-state index in [1.165, 1.54) is 6.20 Å². The highest BCUT2D eigenvalue weighted by molar-refractivity contribution is 5.46. The molecule has 2 N–H and O–H groups in total. The molecule has 0 bridgehead atoms. The van der Waals surface area contributed by atoms with Crippen LogP contribution in [0, 0.1) is 17.0 Å². The number of nitrogens with zero attached hydrogens (tertiary/aromatic N) is 3. The molecule has 0 radical (unpaired) electrons. The third-order valence-electron chi connectivity index (χ3n) is 2.29. The summed E-state index contributed by atoms with van der Waals surface area (Å²) in [5, 5.41) is 13.7. The fourth-order valence-electron chi connectivity index (χ4n) is 1.40. The zero-order valence-corrected chi connectivity index (χ0v) is 9.17. The van der Waals surface area contributed by atoms with Crippen molar-refractivity contribution < 1.29 is 4.92 Å². The van der Waals surface area contributed by atoms with Crippen LogP contribution in [-0.2, 0) is 6.54 Å². The first-order valence-corrected chi connectivity index (χ1v) is 4.99. The third-order valence-corrected chi connectivity index (χ3v) is 2.29. The molecule has 0 aromatic carbocycles. The van der Waals surface area contributed by atoms with Gasteiger partial charge in [-0.15, -0.1) is 0 Å². The van der Waals surface area contributed by atoms with Crippen LogP contribution in [0.1, 0.15) is 11.3 Å². The number of aryl methyl sites for hydroxylation is 1. The van der Waals surface area contributed by atoms with E-state index in [9.17, 15) is 10.1 Å². The van der Waals surface area contributed by atoms with Gasteiger partial charge in [-0.3, -0.25) is 10.1 Å². The van der Waals surface area contributed by atoms with E-state index in [1.807, 2.05) is 0 Å². The summed E-state index contributed by atoms with van der Waals surface area (Å²) in [5.74, 6) is 0.600. The Morgan fingerprint density at radius 3 is 2.94 bits per heavy atom. The van der Waals surface area contributed by atoms with Gasteiger partial charge in [0.2, 0.25) is 0 Å². The Hall–Kier alpha value is -2.44. The number of anilines is 1. The van der Waals surface area contributed by atoms with Gasteiger partial charge in [0.15, 0.2) is 0 Å². The number of hydrogen-bond donors (Lipinski definition) is 2.